The molecule has 7 heteroatoms. The maximum absolute atomic E-state index is 12.8. The number of nitriles is 1. The lowest BCUT2D eigenvalue weighted by atomic mass is 10.1. The Morgan fingerprint density at radius 1 is 1.12 bits per heavy atom. The Bertz CT molecular complexity index is 783. The number of hydrogen-bond donors (Lipinski definition) is 2. The number of hydrogen-bond acceptors (Lipinski definition) is 4. The van der Waals surface area contributed by atoms with E-state index in [1.807, 2.05) is 6.07 Å². The number of benzene rings is 2. The van der Waals surface area contributed by atoms with E-state index in [2.05, 4.69) is 10.9 Å². The molecule has 0 aromatic heterocycles. The van der Waals surface area contributed by atoms with Crippen LogP contribution in [0.4, 0.5) is 4.39 Å². The van der Waals surface area contributed by atoms with Gasteiger partial charge < -0.3 is 4.74 Å². The van der Waals surface area contributed by atoms with Gasteiger partial charge in [0.2, 0.25) is 5.91 Å². The fourth-order valence-electron chi connectivity index (χ4n) is 1.93. The number of carbonyl (C=O) groups is 2. The molecule has 2 aromatic carbocycles. The van der Waals surface area contributed by atoms with E-state index >= 15 is 0 Å². The number of nitrogens with zero attached hydrogens (tertiary/aromatic N) is 1. The molecule has 1 atom stereocenters. The molecule has 2 rings (SSSR count). The summed E-state index contributed by atoms with van der Waals surface area (Å²) in [4.78, 5) is 23.7. The lowest BCUT2D eigenvalue weighted by molar-refractivity contribution is -0.132. The molecule has 2 N–H and O–H groups in total. The van der Waals surface area contributed by atoms with Gasteiger partial charge in [0.25, 0.3) is 5.91 Å². The first kappa shape index (κ1) is 17.9. The van der Waals surface area contributed by atoms with Gasteiger partial charge in [-0.15, -0.1) is 0 Å². The van der Waals surface area contributed by atoms with Crippen molar-refractivity contribution in [1.29, 1.82) is 5.26 Å². The molecule has 0 saturated heterocycles. The van der Waals surface area contributed by atoms with E-state index in [1.165, 1.54) is 31.2 Å². The van der Waals surface area contributed by atoms with Crippen LogP contribution in [-0.2, 0) is 16.0 Å². The molecule has 0 aliphatic rings. The Kier molecular flexibility index (Phi) is 6.07. The van der Waals surface area contributed by atoms with Gasteiger partial charge in [-0.1, -0.05) is 12.1 Å². The van der Waals surface area contributed by atoms with E-state index in [1.54, 1.807) is 24.3 Å². The van der Waals surface area contributed by atoms with Crippen LogP contribution in [-0.4, -0.2) is 17.9 Å². The van der Waals surface area contributed by atoms with Gasteiger partial charge in [0.05, 0.1) is 18.1 Å². The summed E-state index contributed by atoms with van der Waals surface area (Å²) < 4.78 is 18.2. The van der Waals surface area contributed by atoms with Crippen LogP contribution in [0.25, 0.3) is 0 Å². The Hall–Kier alpha value is -3.40. The molecule has 0 aliphatic heterocycles. The summed E-state index contributed by atoms with van der Waals surface area (Å²) >= 11 is 0. The van der Waals surface area contributed by atoms with E-state index in [-0.39, 0.29) is 12.2 Å². The van der Waals surface area contributed by atoms with Crippen LogP contribution in [0.1, 0.15) is 18.1 Å². The molecule has 0 radical (unpaired) electrons. The fraction of sp³-hybridized carbons (Fsp3) is 0.167. The normalized spacial score (nSPS) is 11.1. The summed E-state index contributed by atoms with van der Waals surface area (Å²) in [6.45, 7) is 1.53. The largest absolute Gasteiger partial charge is 0.481 e. The first-order valence-electron chi connectivity index (χ1n) is 7.48. The lowest BCUT2D eigenvalue weighted by Gasteiger charge is -2.15. The van der Waals surface area contributed by atoms with Crippen LogP contribution < -0.4 is 15.6 Å². The van der Waals surface area contributed by atoms with Crippen molar-refractivity contribution in [2.75, 3.05) is 0 Å². The summed E-state index contributed by atoms with van der Waals surface area (Å²) in [6.07, 6.45) is -0.843. The summed E-state index contributed by atoms with van der Waals surface area (Å²) in [5, 5.41) is 8.73. The number of carbonyl (C=O) groups excluding carboxylic acids is 2. The zero-order chi connectivity index (χ0) is 18.2. The summed E-state index contributed by atoms with van der Waals surface area (Å²) in [6, 6.07) is 13.8. The quantitative estimate of drug-likeness (QED) is 0.812. The number of rotatable bonds is 5. The van der Waals surface area contributed by atoms with Crippen LogP contribution in [0.15, 0.2) is 48.5 Å². The van der Waals surface area contributed by atoms with Gasteiger partial charge in [0, 0.05) is 0 Å². The highest BCUT2D eigenvalue weighted by molar-refractivity contribution is 5.85. The predicted octanol–water partition coefficient (Wildman–Crippen LogP) is 1.85. The van der Waals surface area contributed by atoms with E-state index in [0.717, 1.165) is 0 Å². The third-order valence-corrected chi connectivity index (χ3v) is 3.27. The molecule has 128 valence electrons. The topological polar surface area (TPSA) is 91.2 Å². The third kappa shape index (κ3) is 5.62. The Balaban J connectivity index is 1.79. The number of nitrogens with one attached hydrogen (secondary N) is 2. The first-order chi connectivity index (χ1) is 12.0. The molecule has 0 aliphatic carbocycles. The maximum Gasteiger partial charge on any atom is 0.279 e. The van der Waals surface area contributed by atoms with Crippen molar-refractivity contribution in [3.05, 3.63) is 65.5 Å². The molecule has 2 amide bonds. The molecule has 0 saturated carbocycles. The zero-order valence-corrected chi connectivity index (χ0v) is 13.5. The van der Waals surface area contributed by atoms with Crippen molar-refractivity contribution in [2.45, 2.75) is 19.4 Å². The van der Waals surface area contributed by atoms with E-state index in [0.29, 0.717) is 16.9 Å². The highest BCUT2D eigenvalue weighted by Crippen LogP contribution is 2.13. The molecule has 0 fully saturated rings. The van der Waals surface area contributed by atoms with Gasteiger partial charge in [0.1, 0.15) is 11.6 Å². The monoisotopic (exact) mass is 341 g/mol. The zero-order valence-electron chi connectivity index (χ0n) is 13.5. The molecule has 25 heavy (non-hydrogen) atoms. The molecule has 0 heterocycles. The third-order valence-electron chi connectivity index (χ3n) is 3.27. The van der Waals surface area contributed by atoms with Crippen LogP contribution in [0.3, 0.4) is 0 Å². The maximum atomic E-state index is 12.8. The highest BCUT2D eigenvalue weighted by Gasteiger charge is 2.15. The second kappa shape index (κ2) is 8.45. The molecule has 0 bridgehead atoms. The van der Waals surface area contributed by atoms with Crippen LogP contribution in [0.5, 0.6) is 5.75 Å². The summed E-state index contributed by atoms with van der Waals surface area (Å²) in [5.74, 6) is -0.923. The average molecular weight is 341 g/mol. The molecular weight excluding hydrogens is 325 g/mol. The summed E-state index contributed by atoms with van der Waals surface area (Å²) in [7, 11) is 0. The van der Waals surface area contributed by atoms with E-state index in [9.17, 15) is 14.0 Å². The van der Waals surface area contributed by atoms with Crippen molar-refractivity contribution in [3.63, 3.8) is 0 Å². The van der Waals surface area contributed by atoms with Gasteiger partial charge in [0.15, 0.2) is 6.10 Å². The summed E-state index contributed by atoms with van der Waals surface area (Å²) in [5.41, 5.74) is 5.65. The second-order valence-corrected chi connectivity index (χ2v) is 5.24. The first-order valence-corrected chi connectivity index (χ1v) is 7.48. The molecule has 1 unspecified atom stereocenters. The Morgan fingerprint density at radius 2 is 1.76 bits per heavy atom. The minimum Gasteiger partial charge on any atom is -0.481 e. The lowest BCUT2D eigenvalue weighted by Crippen LogP contribution is -2.47. The molecular formula is C18H16FN3O3. The van der Waals surface area contributed by atoms with Crippen LogP contribution >= 0.6 is 0 Å². The van der Waals surface area contributed by atoms with Crippen molar-refractivity contribution in [1.82, 2.24) is 10.9 Å². The highest BCUT2D eigenvalue weighted by atomic mass is 19.1. The van der Waals surface area contributed by atoms with Gasteiger partial charge in [-0.25, -0.2) is 4.39 Å². The van der Waals surface area contributed by atoms with Crippen molar-refractivity contribution in [3.8, 4) is 11.8 Å². The van der Waals surface area contributed by atoms with Gasteiger partial charge in [-0.2, -0.15) is 5.26 Å². The molecule has 2 aromatic rings. The molecule has 6 nitrogen and oxygen atoms in total. The number of halogens is 1. The van der Waals surface area contributed by atoms with Crippen molar-refractivity contribution in [2.24, 2.45) is 0 Å². The standard InChI is InChI=1S/C18H16FN3O3/c1-12(25-16-8-4-14(11-20)5-9-16)18(24)22-21-17(23)10-13-2-6-15(19)7-3-13/h2-9,12H,10H2,1H3,(H,21,23)(H,22,24). The van der Waals surface area contributed by atoms with Gasteiger partial charge >= 0.3 is 0 Å². The fourth-order valence-corrected chi connectivity index (χ4v) is 1.93. The van der Waals surface area contributed by atoms with Crippen molar-refractivity contribution >= 4 is 11.8 Å². The Labute approximate surface area is 144 Å². The Morgan fingerprint density at radius 3 is 2.36 bits per heavy atom. The average Bonchev–Trinajstić information content (AvgIpc) is 2.62. The number of ether oxygens (including phenoxy) is 1. The molecule has 0 spiro atoms. The predicted molar refractivity (Wildman–Crippen MR) is 87.6 cm³/mol. The minimum atomic E-state index is -0.848. The second-order valence-electron chi connectivity index (χ2n) is 5.24. The SMILES string of the molecule is CC(Oc1ccc(C#N)cc1)C(=O)NNC(=O)Cc1ccc(F)cc1. The van der Waals surface area contributed by atoms with E-state index < -0.39 is 17.9 Å². The minimum absolute atomic E-state index is 0.00538. The van der Waals surface area contributed by atoms with Gasteiger partial charge in [-0.05, 0) is 48.9 Å². The number of amides is 2. The van der Waals surface area contributed by atoms with Crippen molar-refractivity contribution < 1.29 is 18.7 Å². The van der Waals surface area contributed by atoms with E-state index in [4.69, 9.17) is 10.00 Å². The van der Waals surface area contributed by atoms with Gasteiger partial charge in [-0.3, -0.25) is 20.4 Å². The smallest absolute Gasteiger partial charge is 0.279 e. The number of hydrazine groups is 1. The van der Waals surface area contributed by atoms with Crippen LogP contribution in [0, 0.1) is 17.1 Å². The van der Waals surface area contributed by atoms with Crippen LogP contribution in [0.2, 0.25) is 0 Å².